The topological polar surface area (TPSA) is 83.5 Å². The van der Waals surface area contributed by atoms with Crippen molar-refractivity contribution in [3.05, 3.63) is 41.0 Å². The molecule has 6 nitrogen and oxygen atoms in total. The molecule has 1 aromatic carbocycles. The lowest BCUT2D eigenvalue weighted by Crippen LogP contribution is -2.34. The molecule has 0 saturated carbocycles. The monoisotopic (exact) mass is 472 g/mol. The number of amides is 2. The molecule has 0 radical (unpaired) electrons. The average Bonchev–Trinajstić information content (AvgIpc) is 2.81. The van der Waals surface area contributed by atoms with E-state index in [1.54, 1.807) is 0 Å². The molecule has 2 N–H and O–H groups in total. The highest BCUT2D eigenvalue weighted by molar-refractivity contribution is 6.32. The molecule has 2 aromatic rings. The zero-order valence-corrected chi connectivity index (χ0v) is 20.5. The SMILES string of the molecule is CCCCCCCCCCCCCC(=O)NCC(=O)N/N=C\c1cc2ccccc2nc1Cl. The van der Waals surface area contributed by atoms with Gasteiger partial charge in [-0.05, 0) is 18.6 Å². The van der Waals surface area contributed by atoms with Crippen LogP contribution in [0.3, 0.4) is 0 Å². The number of carbonyl (C=O) groups is 2. The summed E-state index contributed by atoms with van der Waals surface area (Å²) in [5, 5.41) is 7.80. The molecule has 33 heavy (non-hydrogen) atoms. The van der Waals surface area contributed by atoms with E-state index in [0.717, 1.165) is 23.7 Å². The number of benzene rings is 1. The number of carbonyl (C=O) groups excluding carboxylic acids is 2. The maximum absolute atomic E-state index is 11.9. The van der Waals surface area contributed by atoms with E-state index in [1.807, 2.05) is 30.3 Å². The van der Waals surface area contributed by atoms with Crippen molar-refractivity contribution in [2.75, 3.05) is 6.54 Å². The van der Waals surface area contributed by atoms with Gasteiger partial charge in [-0.15, -0.1) is 0 Å². The van der Waals surface area contributed by atoms with E-state index >= 15 is 0 Å². The van der Waals surface area contributed by atoms with Crippen LogP contribution in [0.15, 0.2) is 35.4 Å². The Morgan fingerprint density at radius 2 is 1.58 bits per heavy atom. The first kappa shape index (κ1) is 26.8. The number of nitrogens with zero attached hydrogens (tertiary/aromatic N) is 2. The fourth-order valence-corrected chi connectivity index (χ4v) is 3.82. The van der Waals surface area contributed by atoms with Crippen molar-refractivity contribution in [2.45, 2.75) is 84.0 Å². The van der Waals surface area contributed by atoms with Crippen molar-refractivity contribution in [2.24, 2.45) is 5.10 Å². The second-order valence-corrected chi connectivity index (χ2v) is 8.77. The fraction of sp³-hybridized carbons (Fsp3) is 0.538. The molecule has 0 spiro atoms. The van der Waals surface area contributed by atoms with Gasteiger partial charge in [-0.3, -0.25) is 9.59 Å². The zero-order valence-electron chi connectivity index (χ0n) is 19.7. The molecular weight excluding hydrogens is 436 g/mol. The number of nitrogens with one attached hydrogen (secondary N) is 2. The van der Waals surface area contributed by atoms with E-state index in [4.69, 9.17) is 11.6 Å². The van der Waals surface area contributed by atoms with Crippen molar-refractivity contribution in [1.29, 1.82) is 0 Å². The minimum atomic E-state index is -0.386. The molecule has 1 heterocycles. The van der Waals surface area contributed by atoms with E-state index in [2.05, 4.69) is 27.8 Å². The predicted molar refractivity (Wildman–Crippen MR) is 137 cm³/mol. The Morgan fingerprint density at radius 1 is 0.939 bits per heavy atom. The number of aromatic nitrogens is 1. The Balaban J connectivity index is 1.52. The van der Waals surface area contributed by atoms with Gasteiger partial charge in [0.25, 0.3) is 5.91 Å². The van der Waals surface area contributed by atoms with Gasteiger partial charge in [0.2, 0.25) is 5.91 Å². The van der Waals surface area contributed by atoms with Gasteiger partial charge >= 0.3 is 0 Å². The third-order valence-corrected chi connectivity index (χ3v) is 5.85. The number of rotatable bonds is 16. The number of unbranched alkanes of at least 4 members (excludes halogenated alkanes) is 10. The van der Waals surface area contributed by atoms with Crippen LogP contribution >= 0.6 is 11.6 Å². The first-order valence-electron chi connectivity index (χ1n) is 12.2. The second-order valence-electron chi connectivity index (χ2n) is 8.42. The maximum Gasteiger partial charge on any atom is 0.259 e. The van der Waals surface area contributed by atoms with Gasteiger partial charge in [-0.25, -0.2) is 10.4 Å². The van der Waals surface area contributed by atoms with Crippen LogP contribution in [0.2, 0.25) is 5.15 Å². The Morgan fingerprint density at radius 3 is 2.27 bits per heavy atom. The lowest BCUT2D eigenvalue weighted by molar-refractivity contribution is -0.126. The van der Waals surface area contributed by atoms with Gasteiger partial charge in [0, 0.05) is 17.4 Å². The third kappa shape index (κ3) is 11.3. The lowest BCUT2D eigenvalue weighted by Gasteiger charge is -2.05. The highest BCUT2D eigenvalue weighted by atomic mass is 35.5. The molecule has 0 aliphatic rings. The molecular formula is C26H37ClN4O2. The maximum atomic E-state index is 11.9. The van der Waals surface area contributed by atoms with Crippen LogP contribution in [0.1, 0.15) is 89.5 Å². The molecule has 1 aromatic heterocycles. The van der Waals surface area contributed by atoms with E-state index < -0.39 is 0 Å². The molecule has 0 fully saturated rings. The summed E-state index contributed by atoms with van der Waals surface area (Å²) in [7, 11) is 0. The first-order chi connectivity index (χ1) is 16.1. The van der Waals surface area contributed by atoms with Crippen LogP contribution in [0, 0.1) is 0 Å². The van der Waals surface area contributed by atoms with Crippen LogP contribution in [0.25, 0.3) is 10.9 Å². The fourth-order valence-electron chi connectivity index (χ4n) is 3.63. The molecule has 7 heteroatoms. The van der Waals surface area contributed by atoms with Gasteiger partial charge in [0.15, 0.2) is 0 Å². The molecule has 0 bridgehead atoms. The largest absolute Gasteiger partial charge is 0.347 e. The minimum absolute atomic E-state index is 0.0993. The average molecular weight is 473 g/mol. The number of hydrogen-bond acceptors (Lipinski definition) is 4. The Kier molecular flexibility index (Phi) is 13.1. The molecule has 180 valence electrons. The van der Waals surface area contributed by atoms with Crippen molar-refractivity contribution in [3.63, 3.8) is 0 Å². The van der Waals surface area contributed by atoms with E-state index in [9.17, 15) is 9.59 Å². The summed E-state index contributed by atoms with van der Waals surface area (Å²) in [6.45, 7) is 2.14. The summed E-state index contributed by atoms with van der Waals surface area (Å²) in [6.07, 6.45) is 15.6. The highest BCUT2D eigenvalue weighted by Crippen LogP contribution is 2.18. The molecule has 2 rings (SSSR count). The van der Waals surface area contributed by atoms with Crippen LogP contribution in [-0.4, -0.2) is 29.6 Å². The summed E-state index contributed by atoms with van der Waals surface area (Å²) in [4.78, 5) is 28.1. The number of hydrogen-bond donors (Lipinski definition) is 2. The quantitative estimate of drug-likeness (QED) is 0.133. The number of hydrazone groups is 1. The minimum Gasteiger partial charge on any atom is -0.347 e. The molecule has 0 aliphatic heterocycles. The summed E-state index contributed by atoms with van der Waals surface area (Å²) in [5.74, 6) is -0.491. The Hall–Kier alpha value is -2.47. The predicted octanol–water partition coefficient (Wildman–Crippen LogP) is 6.16. The first-order valence-corrected chi connectivity index (χ1v) is 12.6. The Labute approximate surface area is 202 Å². The van der Waals surface area contributed by atoms with Gasteiger partial charge in [0.1, 0.15) is 5.15 Å². The number of pyridine rings is 1. The van der Waals surface area contributed by atoms with Gasteiger partial charge in [-0.2, -0.15) is 5.10 Å². The molecule has 0 saturated heterocycles. The second kappa shape index (κ2) is 16.2. The highest BCUT2D eigenvalue weighted by Gasteiger charge is 2.06. The zero-order chi connectivity index (χ0) is 23.7. The van der Waals surface area contributed by atoms with Crippen molar-refractivity contribution in [3.8, 4) is 0 Å². The smallest absolute Gasteiger partial charge is 0.259 e. The number of fused-ring (bicyclic) bond motifs is 1. The Bertz CT molecular complexity index is 901. The van der Waals surface area contributed by atoms with Gasteiger partial charge in [-0.1, -0.05) is 101 Å². The summed E-state index contributed by atoms with van der Waals surface area (Å²) < 4.78 is 0. The van der Waals surface area contributed by atoms with E-state index in [-0.39, 0.29) is 18.4 Å². The van der Waals surface area contributed by atoms with Crippen molar-refractivity contribution in [1.82, 2.24) is 15.7 Å². The van der Waals surface area contributed by atoms with E-state index in [0.29, 0.717) is 17.1 Å². The van der Waals surface area contributed by atoms with E-state index in [1.165, 1.54) is 64.0 Å². The van der Waals surface area contributed by atoms with Crippen LogP contribution in [-0.2, 0) is 9.59 Å². The van der Waals surface area contributed by atoms with Crippen LogP contribution in [0.5, 0.6) is 0 Å². The van der Waals surface area contributed by atoms with Gasteiger partial charge < -0.3 is 5.32 Å². The normalized spacial score (nSPS) is 11.2. The summed E-state index contributed by atoms with van der Waals surface area (Å²) in [6, 6.07) is 9.48. The molecule has 0 aliphatic carbocycles. The third-order valence-electron chi connectivity index (χ3n) is 5.55. The number of halogens is 1. The molecule has 0 atom stereocenters. The summed E-state index contributed by atoms with van der Waals surface area (Å²) >= 11 is 6.17. The standard InChI is InChI=1S/C26H37ClN4O2/c1-2-3-4-5-6-7-8-9-10-11-12-17-24(32)28-20-25(33)31-29-19-22-18-21-15-13-14-16-23(21)30-26(22)27/h13-16,18-19H,2-12,17,20H2,1H3,(H,28,32)(H,31,33)/b29-19-. The van der Waals surface area contributed by atoms with Crippen LogP contribution in [0.4, 0.5) is 0 Å². The summed E-state index contributed by atoms with van der Waals surface area (Å²) in [5.41, 5.74) is 3.81. The van der Waals surface area contributed by atoms with Crippen LogP contribution < -0.4 is 10.7 Å². The lowest BCUT2D eigenvalue weighted by atomic mass is 10.1. The van der Waals surface area contributed by atoms with Crippen molar-refractivity contribution < 1.29 is 9.59 Å². The molecule has 0 unspecified atom stereocenters. The number of para-hydroxylation sites is 1. The van der Waals surface area contributed by atoms with Gasteiger partial charge in [0.05, 0.1) is 18.3 Å². The van der Waals surface area contributed by atoms with Crippen molar-refractivity contribution >= 4 is 40.5 Å². The molecule has 2 amide bonds.